The molecule has 27 heavy (non-hydrogen) atoms. The lowest BCUT2D eigenvalue weighted by Gasteiger charge is -2.35. The molecule has 1 fully saturated rings. The summed E-state index contributed by atoms with van der Waals surface area (Å²) in [5.41, 5.74) is 2.79. The summed E-state index contributed by atoms with van der Waals surface area (Å²) in [6.07, 6.45) is 0.352. The number of hydrogen-bond donors (Lipinski definition) is 0. The van der Waals surface area contributed by atoms with E-state index in [0.717, 1.165) is 53.7 Å². The summed E-state index contributed by atoms with van der Waals surface area (Å²) in [4.78, 5) is 16.9. The monoisotopic (exact) mass is 373 g/mol. The highest BCUT2D eigenvalue weighted by Gasteiger charge is 2.24. The standard InChI is InChI=1S/C20H27N3O4/c1-14-18(15(2)27-21-14)12-20(24)23-9-7-22(8-10-23)13-16-11-17(25-3)5-6-19(16)26-4/h5-6,11H,7-10,12-13H2,1-4H3. The van der Waals surface area contributed by atoms with Crippen LogP contribution in [0.1, 0.15) is 22.6 Å². The molecule has 7 nitrogen and oxygen atoms in total. The summed E-state index contributed by atoms with van der Waals surface area (Å²) in [5, 5.41) is 3.93. The number of aryl methyl sites for hydroxylation is 2. The minimum Gasteiger partial charge on any atom is -0.497 e. The quantitative estimate of drug-likeness (QED) is 0.773. The molecule has 3 rings (SSSR count). The Kier molecular flexibility index (Phi) is 6.01. The molecule has 1 amide bonds. The Morgan fingerprint density at radius 1 is 1.15 bits per heavy atom. The lowest BCUT2D eigenvalue weighted by atomic mass is 10.1. The van der Waals surface area contributed by atoms with Crippen molar-refractivity contribution in [1.82, 2.24) is 15.0 Å². The van der Waals surface area contributed by atoms with Gasteiger partial charge in [-0.25, -0.2) is 0 Å². The first-order valence-corrected chi connectivity index (χ1v) is 9.14. The zero-order valence-corrected chi connectivity index (χ0v) is 16.4. The Balaban J connectivity index is 1.57. The zero-order chi connectivity index (χ0) is 19.4. The molecule has 1 aromatic heterocycles. The topological polar surface area (TPSA) is 68.0 Å². The zero-order valence-electron chi connectivity index (χ0n) is 16.4. The van der Waals surface area contributed by atoms with Gasteiger partial charge in [0.05, 0.1) is 26.3 Å². The molecule has 0 spiro atoms. The number of methoxy groups -OCH3 is 2. The molecular formula is C20H27N3O4. The van der Waals surface area contributed by atoms with Crippen LogP contribution in [0.3, 0.4) is 0 Å². The predicted molar refractivity (Wildman–Crippen MR) is 101 cm³/mol. The highest BCUT2D eigenvalue weighted by Crippen LogP contribution is 2.25. The average molecular weight is 373 g/mol. The third kappa shape index (κ3) is 4.42. The fourth-order valence-corrected chi connectivity index (χ4v) is 3.42. The molecule has 0 aliphatic carbocycles. The molecule has 0 bridgehead atoms. The first kappa shape index (κ1) is 19.2. The Morgan fingerprint density at radius 2 is 1.89 bits per heavy atom. The number of piperazine rings is 1. The molecular weight excluding hydrogens is 346 g/mol. The van der Waals surface area contributed by atoms with Gasteiger partial charge in [-0.05, 0) is 32.0 Å². The van der Waals surface area contributed by atoms with Crippen LogP contribution >= 0.6 is 0 Å². The van der Waals surface area contributed by atoms with Gasteiger partial charge in [-0.15, -0.1) is 0 Å². The van der Waals surface area contributed by atoms with Crippen molar-refractivity contribution in [3.63, 3.8) is 0 Å². The number of ether oxygens (including phenoxy) is 2. The maximum atomic E-state index is 12.6. The lowest BCUT2D eigenvalue weighted by molar-refractivity contribution is -0.132. The maximum absolute atomic E-state index is 12.6. The fraction of sp³-hybridized carbons (Fsp3) is 0.500. The number of nitrogens with zero attached hydrogens (tertiary/aromatic N) is 3. The molecule has 0 saturated carbocycles. The molecule has 0 radical (unpaired) electrons. The van der Waals surface area contributed by atoms with E-state index in [4.69, 9.17) is 14.0 Å². The Hall–Kier alpha value is -2.54. The molecule has 1 saturated heterocycles. The first-order valence-electron chi connectivity index (χ1n) is 9.14. The largest absolute Gasteiger partial charge is 0.497 e. The number of aromatic nitrogens is 1. The third-order valence-corrected chi connectivity index (χ3v) is 5.12. The van der Waals surface area contributed by atoms with Gasteiger partial charge < -0.3 is 18.9 Å². The number of hydrogen-bond acceptors (Lipinski definition) is 6. The minimum atomic E-state index is 0.128. The van der Waals surface area contributed by atoms with Crippen molar-refractivity contribution < 1.29 is 18.8 Å². The molecule has 0 atom stereocenters. The average Bonchev–Trinajstić information content (AvgIpc) is 3.00. The van der Waals surface area contributed by atoms with Crippen LogP contribution in [0.15, 0.2) is 22.7 Å². The molecule has 2 heterocycles. The van der Waals surface area contributed by atoms with E-state index in [0.29, 0.717) is 19.5 Å². The normalized spacial score (nSPS) is 15.0. The molecule has 1 aliphatic rings. The van der Waals surface area contributed by atoms with Crippen molar-refractivity contribution in [2.45, 2.75) is 26.8 Å². The molecule has 0 unspecified atom stereocenters. The van der Waals surface area contributed by atoms with E-state index in [-0.39, 0.29) is 5.91 Å². The van der Waals surface area contributed by atoms with Crippen LogP contribution in [0.2, 0.25) is 0 Å². The molecule has 146 valence electrons. The van der Waals surface area contributed by atoms with Crippen molar-refractivity contribution in [2.24, 2.45) is 0 Å². The van der Waals surface area contributed by atoms with Crippen LogP contribution in [-0.2, 0) is 17.8 Å². The van der Waals surface area contributed by atoms with E-state index in [1.807, 2.05) is 36.9 Å². The fourth-order valence-electron chi connectivity index (χ4n) is 3.42. The number of amides is 1. The van der Waals surface area contributed by atoms with E-state index in [9.17, 15) is 4.79 Å². The summed E-state index contributed by atoms with van der Waals surface area (Å²) in [5.74, 6) is 2.53. The minimum absolute atomic E-state index is 0.128. The highest BCUT2D eigenvalue weighted by atomic mass is 16.5. The van der Waals surface area contributed by atoms with Gasteiger partial charge in [0.1, 0.15) is 17.3 Å². The van der Waals surface area contributed by atoms with E-state index < -0.39 is 0 Å². The van der Waals surface area contributed by atoms with Gasteiger partial charge in [0, 0.05) is 43.9 Å². The van der Waals surface area contributed by atoms with E-state index in [2.05, 4.69) is 10.1 Å². The van der Waals surface area contributed by atoms with Crippen molar-refractivity contribution in [3.05, 3.63) is 40.8 Å². The van der Waals surface area contributed by atoms with Crippen molar-refractivity contribution in [2.75, 3.05) is 40.4 Å². The summed E-state index contributed by atoms with van der Waals surface area (Å²) < 4.78 is 15.9. The van der Waals surface area contributed by atoms with Crippen LogP contribution in [0.25, 0.3) is 0 Å². The predicted octanol–water partition coefficient (Wildman–Crippen LogP) is 2.20. The highest BCUT2D eigenvalue weighted by molar-refractivity contribution is 5.79. The Morgan fingerprint density at radius 3 is 2.48 bits per heavy atom. The SMILES string of the molecule is COc1ccc(OC)c(CN2CCN(C(=O)Cc3c(C)noc3C)CC2)c1. The van der Waals surface area contributed by atoms with Crippen molar-refractivity contribution >= 4 is 5.91 Å². The number of rotatable bonds is 6. The second-order valence-corrected chi connectivity index (χ2v) is 6.81. The summed E-state index contributed by atoms with van der Waals surface area (Å²) >= 11 is 0. The van der Waals surface area contributed by atoms with Gasteiger partial charge in [0.25, 0.3) is 0 Å². The van der Waals surface area contributed by atoms with Gasteiger partial charge in [0.2, 0.25) is 5.91 Å². The van der Waals surface area contributed by atoms with Crippen LogP contribution < -0.4 is 9.47 Å². The van der Waals surface area contributed by atoms with Crippen LogP contribution in [0, 0.1) is 13.8 Å². The van der Waals surface area contributed by atoms with Gasteiger partial charge in [-0.1, -0.05) is 5.16 Å². The van der Waals surface area contributed by atoms with E-state index >= 15 is 0 Å². The summed E-state index contributed by atoms with van der Waals surface area (Å²) in [6, 6.07) is 5.83. The van der Waals surface area contributed by atoms with Crippen LogP contribution in [0.5, 0.6) is 11.5 Å². The van der Waals surface area contributed by atoms with E-state index in [1.54, 1.807) is 14.2 Å². The van der Waals surface area contributed by atoms with Crippen molar-refractivity contribution in [3.8, 4) is 11.5 Å². The van der Waals surface area contributed by atoms with E-state index in [1.165, 1.54) is 0 Å². The number of benzene rings is 1. The second-order valence-electron chi connectivity index (χ2n) is 6.81. The summed E-state index contributed by atoms with van der Waals surface area (Å²) in [7, 11) is 3.34. The molecule has 1 aromatic carbocycles. The lowest BCUT2D eigenvalue weighted by Crippen LogP contribution is -2.48. The van der Waals surface area contributed by atoms with Gasteiger partial charge in [0.15, 0.2) is 0 Å². The van der Waals surface area contributed by atoms with Gasteiger partial charge >= 0.3 is 0 Å². The first-order chi connectivity index (χ1) is 13.0. The summed E-state index contributed by atoms with van der Waals surface area (Å²) in [6.45, 7) is 7.58. The van der Waals surface area contributed by atoms with Crippen LogP contribution in [0.4, 0.5) is 0 Å². The molecule has 0 N–H and O–H groups in total. The molecule has 2 aromatic rings. The number of carbonyl (C=O) groups excluding carboxylic acids is 1. The van der Waals surface area contributed by atoms with Crippen LogP contribution in [-0.4, -0.2) is 61.3 Å². The third-order valence-electron chi connectivity index (χ3n) is 5.12. The maximum Gasteiger partial charge on any atom is 0.227 e. The Labute approximate surface area is 159 Å². The molecule has 1 aliphatic heterocycles. The van der Waals surface area contributed by atoms with Crippen molar-refractivity contribution in [1.29, 1.82) is 0 Å². The smallest absolute Gasteiger partial charge is 0.227 e. The van der Waals surface area contributed by atoms with Gasteiger partial charge in [-0.2, -0.15) is 0 Å². The van der Waals surface area contributed by atoms with Gasteiger partial charge in [-0.3, -0.25) is 9.69 Å². The Bertz CT molecular complexity index is 775. The second kappa shape index (κ2) is 8.43. The number of carbonyl (C=O) groups is 1. The molecule has 7 heteroatoms.